The third-order valence-electron chi connectivity index (χ3n) is 4.54. The van der Waals surface area contributed by atoms with E-state index in [0.29, 0.717) is 17.1 Å². The van der Waals surface area contributed by atoms with Crippen molar-refractivity contribution in [1.82, 2.24) is 0 Å². The van der Waals surface area contributed by atoms with Gasteiger partial charge in [0.05, 0.1) is 33.2 Å². The number of hydrogen-bond donors (Lipinski definition) is 2. The average Bonchev–Trinajstić information content (AvgIpc) is 3.23. The highest BCUT2D eigenvalue weighted by atomic mass is 16.7. The monoisotopic (exact) mass is 422 g/mol. The lowest BCUT2D eigenvalue weighted by Gasteiger charge is -2.21. The first-order chi connectivity index (χ1) is 14.4. The van der Waals surface area contributed by atoms with Crippen LogP contribution in [0.4, 0.5) is 0 Å². The van der Waals surface area contributed by atoms with Gasteiger partial charge in [-0.15, -0.1) is 0 Å². The first kappa shape index (κ1) is 21.3. The van der Waals surface area contributed by atoms with Crippen molar-refractivity contribution in [2.45, 2.75) is 25.9 Å². The number of rotatable bonds is 8. The second-order valence-electron chi connectivity index (χ2n) is 6.28. The lowest BCUT2D eigenvalue weighted by Crippen LogP contribution is -2.16. The maximum atomic E-state index is 12.3. The number of aliphatic hydroxyl groups is 1. The van der Waals surface area contributed by atoms with Gasteiger partial charge in [-0.2, -0.15) is 0 Å². The summed E-state index contributed by atoms with van der Waals surface area (Å²) in [7, 11) is 2.83. The fraction of sp³-hybridized carbons (Fsp3) is 0.400. The number of ether oxygens (including phenoxy) is 5. The standard InChI is InChI=1S/C20H22O10/c1-4-27-15(23)7-12(17-16(24)13(22)5-10(8-21)30-17)11-6-14(25-2)19-20(18(11)26-3)29-9-28-19/h5-6,12,21,24H,4,7-9H2,1-3H3/t12-/m0/s1. The summed E-state index contributed by atoms with van der Waals surface area (Å²) in [6.45, 7) is 1.16. The van der Waals surface area contributed by atoms with Crippen LogP contribution in [0.25, 0.3) is 0 Å². The molecule has 3 rings (SSSR count). The Hall–Kier alpha value is -3.40. The molecule has 10 nitrogen and oxygen atoms in total. The Bertz CT molecular complexity index is 994. The zero-order valence-electron chi connectivity index (χ0n) is 16.7. The van der Waals surface area contributed by atoms with Crippen molar-refractivity contribution in [2.75, 3.05) is 27.6 Å². The SMILES string of the molecule is CCOC(=O)C[C@@H](c1cc(OC)c2c(c1OC)OCO2)c1oc(CO)cc(=O)c1O. The molecule has 0 fully saturated rings. The molecule has 1 aliphatic rings. The van der Waals surface area contributed by atoms with Crippen molar-refractivity contribution in [2.24, 2.45) is 0 Å². The molecule has 0 bridgehead atoms. The Morgan fingerprint density at radius 2 is 1.93 bits per heavy atom. The van der Waals surface area contributed by atoms with Crippen LogP contribution < -0.4 is 24.4 Å². The van der Waals surface area contributed by atoms with Crippen LogP contribution >= 0.6 is 0 Å². The molecular weight excluding hydrogens is 400 g/mol. The van der Waals surface area contributed by atoms with E-state index in [2.05, 4.69) is 0 Å². The van der Waals surface area contributed by atoms with Crippen LogP contribution in [0.3, 0.4) is 0 Å². The Balaban J connectivity index is 2.26. The molecule has 1 aliphatic heterocycles. The molecule has 0 spiro atoms. The molecule has 1 aromatic heterocycles. The molecule has 1 aromatic carbocycles. The molecule has 2 aromatic rings. The summed E-state index contributed by atoms with van der Waals surface area (Å²) in [5.41, 5.74) is -0.430. The molecule has 30 heavy (non-hydrogen) atoms. The van der Waals surface area contributed by atoms with Crippen molar-refractivity contribution in [3.8, 4) is 28.7 Å². The highest BCUT2D eigenvalue weighted by Crippen LogP contribution is 2.53. The average molecular weight is 422 g/mol. The third kappa shape index (κ3) is 3.86. The topological polar surface area (TPSA) is 134 Å². The lowest BCUT2D eigenvalue weighted by molar-refractivity contribution is -0.143. The molecule has 0 radical (unpaired) electrons. The number of aliphatic hydroxyl groups excluding tert-OH is 1. The van der Waals surface area contributed by atoms with Crippen LogP contribution in [-0.4, -0.2) is 43.8 Å². The van der Waals surface area contributed by atoms with E-state index in [4.69, 9.17) is 28.1 Å². The first-order valence-corrected chi connectivity index (χ1v) is 9.11. The maximum absolute atomic E-state index is 12.3. The largest absolute Gasteiger partial charge is 0.502 e. The molecule has 0 unspecified atom stereocenters. The Morgan fingerprint density at radius 1 is 1.20 bits per heavy atom. The van der Waals surface area contributed by atoms with Crippen LogP contribution in [0.2, 0.25) is 0 Å². The number of methoxy groups -OCH3 is 2. The van der Waals surface area contributed by atoms with Crippen LogP contribution in [0.5, 0.6) is 28.7 Å². The Kier molecular flexibility index (Phi) is 6.36. The van der Waals surface area contributed by atoms with Crippen LogP contribution in [0.1, 0.15) is 36.3 Å². The number of benzene rings is 1. The van der Waals surface area contributed by atoms with Gasteiger partial charge >= 0.3 is 5.97 Å². The molecule has 162 valence electrons. The summed E-state index contributed by atoms with van der Waals surface area (Å²) in [4.78, 5) is 24.5. The summed E-state index contributed by atoms with van der Waals surface area (Å²) in [6, 6.07) is 2.51. The number of carbonyl (C=O) groups excluding carboxylic acids is 1. The molecule has 2 heterocycles. The minimum atomic E-state index is -1.01. The lowest BCUT2D eigenvalue weighted by atomic mass is 9.90. The van der Waals surface area contributed by atoms with E-state index in [1.165, 1.54) is 14.2 Å². The minimum absolute atomic E-state index is 0.0611. The van der Waals surface area contributed by atoms with Crippen LogP contribution in [0, 0.1) is 0 Å². The molecule has 2 N–H and O–H groups in total. The van der Waals surface area contributed by atoms with Gasteiger partial charge in [-0.1, -0.05) is 0 Å². The van der Waals surface area contributed by atoms with Crippen molar-refractivity contribution in [3.05, 3.63) is 39.4 Å². The molecule has 0 amide bonds. The highest BCUT2D eigenvalue weighted by molar-refractivity contribution is 5.73. The molecule has 0 saturated carbocycles. The van der Waals surface area contributed by atoms with Gasteiger partial charge in [0.1, 0.15) is 12.4 Å². The van der Waals surface area contributed by atoms with E-state index in [-0.39, 0.29) is 42.8 Å². The first-order valence-electron chi connectivity index (χ1n) is 9.11. The Labute approximate surface area is 171 Å². The van der Waals surface area contributed by atoms with Crippen molar-refractivity contribution >= 4 is 5.97 Å². The van der Waals surface area contributed by atoms with Gasteiger partial charge < -0.3 is 38.3 Å². The highest BCUT2D eigenvalue weighted by Gasteiger charge is 2.35. The zero-order valence-corrected chi connectivity index (χ0v) is 16.7. The number of aromatic hydroxyl groups is 1. The fourth-order valence-electron chi connectivity index (χ4n) is 3.25. The van der Waals surface area contributed by atoms with E-state index >= 15 is 0 Å². The van der Waals surface area contributed by atoms with Gasteiger partial charge in [-0.05, 0) is 13.0 Å². The zero-order chi connectivity index (χ0) is 21.8. The number of hydrogen-bond acceptors (Lipinski definition) is 10. The second kappa shape index (κ2) is 8.95. The van der Waals surface area contributed by atoms with E-state index < -0.39 is 29.7 Å². The van der Waals surface area contributed by atoms with Crippen molar-refractivity contribution in [3.63, 3.8) is 0 Å². The summed E-state index contributed by atoms with van der Waals surface area (Å²) >= 11 is 0. The molecule has 1 atom stereocenters. The van der Waals surface area contributed by atoms with Gasteiger partial charge in [0.2, 0.25) is 29.5 Å². The fourth-order valence-corrected chi connectivity index (χ4v) is 3.25. The summed E-state index contributed by atoms with van der Waals surface area (Å²) in [5.74, 6) is -1.52. The minimum Gasteiger partial charge on any atom is -0.502 e. The van der Waals surface area contributed by atoms with Gasteiger partial charge in [-0.3, -0.25) is 9.59 Å². The summed E-state index contributed by atoms with van der Waals surface area (Å²) in [5, 5.41) is 19.8. The van der Waals surface area contributed by atoms with Crippen molar-refractivity contribution in [1.29, 1.82) is 0 Å². The van der Waals surface area contributed by atoms with Gasteiger partial charge in [0.15, 0.2) is 17.3 Å². The van der Waals surface area contributed by atoms with E-state index in [1.807, 2.05) is 0 Å². The predicted octanol–water partition coefficient (Wildman–Crippen LogP) is 1.67. The van der Waals surface area contributed by atoms with Crippen LogP contribution in [0.15, 0.2) is 21.3 Å². The van der Waals surface area contributed by atoms with Gasteiger partial charge in [0, 0.05) is 11.6 Å². The Morgan fingerprint density at radius 3 is 2.57 bits per heavy atom. The van der Waals surface area contributed by atoms with Gasteiger partial charge in [-0.25, -0.2) is 0 Å². The molecule has 0 saturated heterocycles. The van der Waals surface area contributed by atoms with Crippen molar-refractivity contribution < 1.29 is 43.1 Å². The third-order valence-corrected chi connectivity index (χ3v) is 4.54. The number of fused-ring (bicyclic) bond motifs is 1. The summed E-state index contributed by atoms with van der Waals surface area (Å²) in [6.07, 6.45) is -0.293. The van der Waals surface area contributed by atoms with Gasteiger partial charge in [0.25, 0.3) is 0 Å². The normalized spacial score (nSPS) is 13.1. The smallest absolute Gasteiger partial charge is 0.306 e. The van der Waals surface area contributed by atoms with Crippen LogP contribution in [-0.2, 0) is 16.1 Å². The predicted molar refractivity (Wildman–Crippen MR) is 101 cm³/mol. The molecular formula is C20H22O10. The summed E-state index contributed by atoms with van der Waals surface area (Å²) < 4.78 is 32.4. The quantitative estimate of drug-likeness (QED) is 0.605. The number of esters is 1. The van der Waals surface area contributed by atoms with E-state index in [1.54, 1.807) is 13.0 Å². The van der Waals surface area contributed by atoms with E-state index in [0.717, 1.165) is 6.07 Å². The number of carbonyl (C=O) groups is 1. The second-order valence-corrected chi connectivity index (χ2v) is 6.28. The molecule has 0 aliphatic carbocycles. The van der Waals surface area contributed by atoms with E-state index in [9.17, 15) is 19.8 Å². The molecule has 10 heteroatoms. The maximum Gasteiger partial charge on any atom is 0.306 e.